The van der Waals surface area contributed by atoms with Crippen molar-refractivity contribution in [3.63, 3.8) is 0 Å². The van der Waals surface area contributed by atoms with Crippen LogP contribution >= 0.6 is 46.4 Å². The number of rotatable bonds is 4. The van der Waals surface area contributed by atoms with E-state index in [9.17, 15) is 0 Å². The van der Waals surface area contributed by atoms with Crippen LogP contribution in [0.25, 0.3) is 0 Å². The molecular weight excluding hydrogens is 238 g/mol. The zero-order valence-corrected chi connectivity index (χ0v) is 10.6. The Morgan fingerprint density at radius 1 is 1.08 bits per heavy atom. The minimum atomic E-state index is -0.707. The third-order valence-electron chi connectivity index (χ3n) is 1.20. The van der Waals surface area contributed by atoms with Gasteiger partial charge in [0.2, 0.25) is 0 Å². The highest BCUT2D eigenvalue weighted by Crippen LogP contribution is 2.25. The van der Waals surface area contributed by atoms with Crippen molar-refractivity contribution in [2.24, 2.45) is 0 Å². The second-order valence-electron chi connectivity index (χ2n) is 2.39. The second kappa shape index (κ2) is 10.2. The molecule has 0 atom stereocenters. The summed E-state index contributed by atoms with van der Waals surface area (Å²) in [7, 11) is 0. The van der Waals surface area contributed by atoms with Crippen molar-refractivity contribution in [3.05, 3.63) is 0 Å². The fraction of sp³-hybridized carbons (Fsp3) is 1.00. The van der Waals surface area contributed by atoms with Gasteiger partial charge in [-0.1, -0.05) is 20.3 Å². The van der Waals surface area contributed by atoms with Crippen LogP contribution in [0, 0.1) is 0 Å². The van der Waals surface area contributed by atoms with E-state index in [1.165, 1.54) is 6.42 Å². The van der Waals surface area contributed by atoms with Crippen LogP contribution in [-0.4, -0.2) is 16.1 Å². The third-order valence-corrected chi connectivity index (χ3v) is 3.00. The highest BCUT2D eigenvalue weighted by Gasteiger charge is 2.18. The van der Waals surface area contributed by atoms with E-state index in [0.29, 0.717) is 12.3 Å². The van der Waals surface area contributed by atoms with Crippen molar-refractivity contribution < 1.29 is 0 Å². The molecule has 0 aliphatic carbocycles. The van der Waals surface area contributed by atoms with E-state index in [4.69, 9.17) is 46.4 Å². The van der Waals surface area contributed by atoms with Crippen molar-refractivity contribution in [3.8, 4) is 0 Å². The second-order valence-corrected chi connectivity index (χ2v) is 4.67. The summed E-state index contributed by atoms with van der Waals surface area (Å²) < 4.78 is -0.707. The van der Waals surface area contributed by atoms with E-state index < -0.39 is 4.33 Å². The molecule has 4 heteroatoms. The van der Waals surface area contributed by atoms with Crippen LogP contribution in [0.2, 0.25) is 0 Å². The van der Waals surface area contributed by atoms with Crippen LogP contribution in [0.5, 0.6) is 0 Å². The Morgan fingerprint density at radius 2 is 1.58 bits per heavy atom. The Bertz CT molecular complexity index is 75.1. The average Bonchev–Trinajstić information content (AvgIpc) is 2.07. The molecule has 76 valence electrons. The van der Waals surface area contributed by atoms with Crippen LogP contribution in [0.4, 0.5) is 0 Å². The van der Waals surface area contributed by atoms with Gasteiger partial charge in [-0.3, -0.25) is 0 Å². The van der Waals surface area contributed by atoms with Gasteiger partial charge in [0.25, 0.3) is 0 Å². The molecule has 0 saturated carbocycles. The Morgan fingerprint density at radius 3 is 1.58 bits per heavy atom. The van der Waals surface area contributed by atoms with E-state index in [1.54, 1.807) is 0 Å². The summed E-state index contributed by atoms with van der Waals surface area (Å²) in [5.41, 5.74) is 0. The molecule has 0 bridgehead atoms. The van der Waals surface area contributed by atoms with E-state index in [1.807, 2.05) is 6.92 Å². The Hall–Kier alpha value is 1.16. The fourth-order valence-electron chi connectivity index (χ4n) is 0.228. The smallest absolute Gasteiger partial charge is 0.127 e. The fourth-order valence-corrected chi connectivity index (χ4v) is 0.684. The standard InChI is InChI=1S/C4H7Cl3.C4H9Cl/c1-2-4(6,7)3-5;1-2-3-4-5/h2-3H2,1H3;2-4H2,1H3. The summed E-state index contributed by atoms with van der Waals surface area (Å²) >= 11 is 21.7. The Kier molecular flexibility index (Phi) is 13.3. The van der Waals surface area contributed by atoms with Crippen molar-refractivity contribution in [2.75, 3.05) is 11.8 Å². The quantitative estimate of drug-likeness (QED) is 0.630. The van der Waals surface area contributed by atoms with E-state index in [0.717, 1.165) is 12.3 Å². The van der Waals surface area contributed by atoms with Gasteiger partial charge >= 0.3 is 0 Å². The molecule has 0 N–H and O–H groups in total. The van der Waals surface area contributed by atoms with Gasteiger partial charge in [-0.15, -0.1) is 46.4 Å². The summed E-state index contributed by atoms with van der Waals surface area (Å²) in [5, 5.41) is 0. The summed E-state index contributed by atoms with van der Waals surface area (Å²) in [4.78, 5) is 0. The van der Waals surface area contributed by atoms with Gasteiger partial charge in [0, 0.05) is 5.88 Å². The summed E-state index contributed by atoms with van der Waals surface area (Å²) in [6.45, 7) is 4.02. The molecule has 0 heterocycles. The predicted molar refractivity (Wildman–Crippen MR) is 61.1 cm³/mol. The monoisotopic (exact) mass is 252 g/mol. The molecule has 12 heavy (non-hydrogen) atoms. The molecule has 0 saturated heterocycles. The van der Waals surface area contributed by atoms with Crippen LogP contribution in [0.15, 0.2) is 0 Å². The van der Waals surface area contributed by atoms with Gasteiger partial charge in [-0.05, 0) is 12.8 Å². The molecule has 0 aromatic carbocycles. The molecular formula is C8H16Cl4. The molecule has 0 unspecified atom stereocenters. The third kappa shape index (κ3) is 13.7. The maximum atomic E-state index is 5.54. The van der Waals surface area contributed by atoms with Gasteiger partial charge in [0.15, 0.2) is 0 Å². The minimum Gasteiger partial charge on any atom is -0.127 e. The summed E-state index contributed by atoms with van der Waals surface area (Å²) in [6.07, 6.45) is 3.06. The SMILES string of the molecule is CCC(Cl)(Cl)CCl.CCCCCl. The van der Waals surface area contributed by atoms with Gasteiger partial charge in [0.05, 0.1) is 5.88 Å². The summed E-state index contributed by atoms with van der Waals surface area (Å²) in [6, 6.07) is 0. The molecule has 0 radical (unpaired) electrons. The van der Waals surface area contributed by atoms with Gasteiger partial charge in [-0.2, -0.15) is 0 Å². The van der Waals surface area contributed by atoms with E-state index in [-0.39, 0.29) is 0 Å². The average molecular weight is 254 g/mol. The van der Waals surface area contributed by atoms with Gasteiger partial charge < -0.3 is 0 Å². The number of hydrogen-bond donors (Lipinski definition) is 0. The molecule has 0 rings (SSSR count). The van der Waals surface area contributed by atoms with Crippen LogP contribution in [0.1, 0.15) is 33.1 Å². The minimum absolute atomic E-state index is 0.298. The molecule has 0 aromatic heterocycles. The van der Waals surface area contributed by atoms with E-state index in [2.05, 4.69) is 6.92 Å². The molecule has 0 aromatic rings. The maximum absolute atomic E-state index is 5.54. The lowest BCUT2D eigenvalue weighted by molar-refractivity contribution is 0.828. The maximum Gasteiger partial charge on any atom is 0.131 e. The Balaban J connectivity index is 0. The molecule has 0 nitrogen and oxygen atoms in total. The largest absolute Gasteiger partial charge is 0.131 e. The lowest BCUT2D eigenvalue weighted by Crippen LogP contribution is -2.11. The highest BCUT2D eigenvalue weighted by molar-refractivity contribution is 6.51. The molecule has 0 spiro atoms. The molecule has 0 aliphatic heterocycles. The Labute approximate surface area is 95.5 Å². The number of halogens is 4. The van der Waals surface area contributed by atoms with Gasteiger partial charge in [-0.25, -0.2) is 0 Å². The molecule has 0 amide bonds. The lowest BCUT2D eigenvalue weighted by Gasteiger charge is -2.10. The van der Waals surface area contributed by atoms with Crippen molar-refractivity contribution in [1.82, 2.24) is 0 Å². The van der Waals surface area contributed by atoms with Crippen molar-refractivity contribution in [1.29, 1.82) is 0 Å². The zero-order chi connectivity index (χ0) is 10.0. The highest BCUT2D eigenvalue weighted by atomic mass is 35.5. The van der Waals surface area contributed by atoms with Crippen molar-refractivity contribution in [2.45, 2.75) is 37.4 Å². The van der Waals surface area contributed by atoms with Crippen LogP contribution < -0.4 is 0 Å². The topological polar surface area (TPSA) is 0 Å². The first-order valence-electron chi connectivity index (χ1n) is 4.03. The lowest BCUT2D eigenvalue weighted by atomic mass is 10.4. The normalized spacial score (nSPS) is 10.5. The number of unbranched alkanes of at least 4 members (excludes halogenated alkanes) is 1. The number of alkyl halides is 4. The number of hydrogen-bond acceptors (Lipinski definition) is 0. The van der Waals surface area contributed by atoms with E-state index >= 15 is 0 Å². The zero-order valence-electron chi connectivity index (χ0n) is 7.55. The van der Waals surface area contributed by atoms with Gasteiger partial charge in [0.1, 0.15) is 4.33 Å². The first kappa shape index (κ1) is 15.6. The van der Waals surface area contributed by atoms with Crippen molar-refractivity contribution >= 4 is 46.4 Å². The summed E-state index contributed by atoms with van der Waals surface area (Å²) in [5.74, 6) is 1.11. The first-order valence-corrected chi connectivity index (χ1v) is 5.86. The predicted octanol–water partition coefficient (Wildman–Crippen LogP) is 4.83. The molecule has 0 fully saturated rings. The molecule has 0 aliphatic rings. The van der Waals surface area contributed by atoms with Crippen LogP contribution in [0.3, 0.4) is 0 Å². The first-order chi connectivity index (χ1) is 5.54. The van der Waals surface area contributed by atoms with Crippen LogP contribution in [-0.2, 0) is 0 Å².